The van der Waals surface area contributed by atoms with Crippen LogP contribution in [0.5, 0.6) is 0 Å². The Hall–Kier alpha value is -3.17. The average Bonchev–Trinajstić information content (AvgIpc) is 3.36. The second-order valence-electron chi connectivity index (χ2n) is 12.3. The van der Waals surface area contributed by atoms with Crippen LogP contribution in [-0.4, -0.2) is 106 Å². The third-order valence-electron chi connectivity index (χ3n) is 9.39. The van der Waals surface area contributed by atoms with Gasteiger partial charge >= 0.3 is 0 Å². The van der Waals surface area contributed by atoms with Gasteiger partial charge in [0.25, 0.3) is 10.2 Å². The molecule has 0 saturated carbocycles. The first-order valence-electron chi connectivity index (χ1n) is 15.6. The number of hydrogen-bond donors (Lipinski definition) is 2. The van der Waals surface area contributed by atoms with Crippen LogP contribution in [0.15, 0.2) is 30.6 Å². The zero-order valence-corrected chi connectivity index (χ0v) is 27.2. The summed E-state index contributed by atoms with van der Waals surface area (Å²) < 4.78 is 31.5. The quantitative estimate of drug-likeness (QED) is 0.332. The number of anilines is 1. The highest BCUT2D eigenvalue weighted by Gasteiger charge is 2.33. The van der Waals surface area contributed by atoms with E-state index >= 15 is 0 Å². The van der Waals surface area contributed by atoms with Gasteiger partial charge in [0.1, 0.15) is 0 Å². The van der Waals surface area contributed by atoms with E-state index in [1.54, 1.807) is 11.4 Å². The molecule has 15 heteroatoms. The molecule has 0 bridgehead atoms. The molecule has 1 unspecified atom stereocenters. The third kappa shape index (κ3) is 6.99. The van der Waals surface area contributed by atoms with E-state index in [4.69, 9.17) is 11.6 Å². The van der Waals surface area contributed by atoms with Crippen LogP contribution in [0.1, 0.15) is 61.6 Å². The van der Waals surface area contributed by atoms with Crippen molar-refractivity contribution < 1.29 is 18.0 Å². The van der Waals surface area contributed by atoms with E-state index in [0.717, 1.165) is 42.5 Å². The van der Waals surface area contributed by atoms with Crippen molar-refractivity contribution in [2.75, 3.05) is 51.6 Å². The summed E-state index contributed by atoms with van der Waals surface area (Å²) in [6, 6.07) is 6.49. The Morgan fingerprint density at radius 3 is 2.44 bits per heavy atom. The number of imide groups is 1. The first kappa shape index (κ1) is 31.8. The fraction of sp³-hybridized carbons (Fsp3) is 0.567. The van der Waals surface area contributed by atoms with Crippen molar-refractivity contribution in [3.63, 3.8) is 0 Å². The molecule has 2 N–H and O–H groups in total. The van der Waals surface area contributed by atoms with Crippen LogP contribution in [0.2, 0.25) is 5.02 Å². The van der Waals surface area contributed by atoms with Gasteiger partial charge in [-0.05, 0) is 62.7 Å². The lowest BCUT2D eigenvalue weighted by Crippen LogP contribution is -2.49. The molecule has 3 saturated heterocycles. The van der Waals surface area contributed by atoms with Crippen molar-refractivity contribution in [2.45, 2.75) is 56.4 Å². The summed E-state index contributed by atoms with van der Waals surface area (Å²) in [5.41, 5.74) is 2.96. The molecule has 0 spiro atoms. The standard InChI is InChI=1S/C30H40ClN9O4S/c1-37(45(43,44)40-13-9-23(10-14-40)34-30-32-18-22(31)19-33-30)15-16-39-11-7-20(8-12-39)21-3-4-24-26(17-21)38(2)36-28(24)25-5-6-27(41)35-29(25)42/h3-4,17-20,23,25H,5-16H2,1-2H3,(H,32,33,34)(H,35,41,42). The van der Waals surface area contributed by atoms with Gasteiger partial charge in [0.05, 0.1) is 34.5 Å². The largest absolute Gasteiger partial charge is 0.351 e. The summed E-state index contributed by atoms with van der Waals surface area (Å²) >= 11 is 5.86. The van der Waals surface area contributed by atoms with Gasteiger partial charge in [-0.1, -0.05) is 23.7 Å². The van der Waals surface area contributed by atoms with Gasteiger partial charge in [0, 0.05) is 58.1 Å². The van der Waals surface area contributed by atoms with Crippen LogP contribution >= 0.6 is 11.6 Å². The minimum absolute atomic E-state index is 0.107. The number of piperidine rings is 3. The summed E-state index contributed by atoms with van der Waals surface area (Å²) in [5, 5.41) is 11.8. The molecule has 1 aromatic carbocycles. The third-order valence-corrected chi connectivity index (χ3v) is 11.6. The molecule has 0 aliphatic carbocycles. The van der Waals surface area contributed by atoms with Crippen molar-refractivity contribution in [1.29, 1.82) is 0 Å². The normalized spacial score (nSPS) is 21.5. The predicted molar refractivity (Wildman–Crippen MR) is 171 cm³/mol. The number of hydrogen-bond acceptors (Lipinski definition) is 9. The first-order valence-corrected chi connectivity index (χ1v) is 17.3. The van der Waals surface area contributed by atoms with Gasteiger partial charge in [-0.25, -0.2) is 9.97 Å². The van der Waals surface area contributed by atoms with E-state index in [0.29, 0.717) is 68.8 Å². The lowest BCUT2D eigenvalue weighted by molar-refractivity contribution is -0.134. The summed E-state index contributed by atoms with van der Waals surface area (Å²) in [7, 11) is 0.0176. The number of nitrogens with zero attached hydrogens (tertiary/aromatic N) is 7. The van der Waals surface area contributed by atoms with Gasteiger partial charge in [-0.2, -0.15) is 22.1 Å². The summed E-state index contributed by atoms with van der Waals surface area (Å²) in [6.07, 6.45) is 7.20. The predicted octanol–water partition coefficient (Wildman–Crippen LogP) is 2.47. The Kier molecular flexibility index (Phi) is 9.39. The zero-order valence-electron chi connectivity index (χ0n) is 25.7. The van der Waals surface area contributed by atoms with E-state index in [1.807, 2.05) is 11.7 Å². The van der Waals surface area contributed by atoms with Crippen LogP contribution in [0.3, 0.4) is 0 Å². The summed E-state index contributed by atoms with van der Waals surface area (Å²) in [5.74, 6) is -0.0216. The highest BCUT2D eigenvalue weighted by Crippen LogP contribution is 2.34. The highest BCUT2D eigenvalue weighted by atomic mass is 35.5. The van der Waals surface area contributed by atoms with Gasteiger partial charge in [0.15, 0.2) is 0 Å². The van der Waals surface area contributed by atoms with Crippen LogP contribution < -0.4 is 10.6 Å². The average molecular weight is 658 g/mol. The molecule has 2 aromatic heterocycles. The number of fused-ring (bicyclic) bond motifs is 1. The molecule has 3 aromatic rings. The van der Waals surface area contributed by atoms with Gasteiger partial charge in [-0.3, -0.25) is 19.6 Å². The maximum Gasteiger partial charge on any atom is 0.281 e. The van der Waals surface area contributed by atoms with E-state index < -0.39 is 16.1 Å². The Morgan fingerprint density at radius 1 is 1.04 bits per heavy atom. The molecular formula is C30H40ClN9O4S. The lowest BCUT2D eigenvalue weighted by atomic mass is 9.88. The Balaban J connectivity index is 0.980. The Bertz CT molecular complexity index is 1650. The number of rotatable bonds is 9. The van der Waals surface area contributed by atoms with E-state index in [1.165, 1.54) is 22.3 Å². The highest BCUT2D eigenvalue weighted by molar-refractivity contribution is 7.86. The number of likely N-dealkylation sites (N-methyl/N-ethyl adjacent to an activating group) is 1. The second-order valence-corrected chi connectivity index (χ2v) is 14.7. The second kappa shape index (κ2) is 13.3. The lowest BCUT2D eigenvalue weighted by Gasteiger charge is -2.36. The number of likely N-dealkylation sites (tertiary alicyclic amines) is 1. The molecular weight excluding hydrogens is 618 g/mol. The van der Waals surface area contributed by atoms with Crippen molar-refractivity contribution in [3.05, 3.63) is 46.9 Å². The van der Waals surface area contributed by atoms with Crippen LogP contribution in [-0.2, 0) is 26.8 Å². The topological polar surface area (TPSA) is 146 Å². The van der Waals surface area contributed by atoms with Crippen LogP contribution in [0.25, 0.3) is 10.9 Å². The first-order chi connectivity index (χ1) is 21.6. The maximum atomic E-state index is 13.3. The molecule has 6 rings (SSSR count). The van der Waals surface area contributed by atoms with Crippen LogP contribution in [0.4, 0.5) is 5.95 Å². The molecule has 3 aliphatic heterocycles. The number of aryl methyl sites for hydroxylation is 1. The molecule has 13 nitrogen and oxygen atoms in total. The number of carbonyl (C=O) groups is 2. The number of halogens is 1. The number of nitrogens with one attached hydrogen (secondary N) is 2. The van der Waals surface area contributed by atoms with Gasteiger partial charge in [0.2, 0.25) is 17.8 Å². The monoisotopic (exact) mass is 657 g/mol. The number of amides is 2. The zero-order chi connectivity index (χ0) is 31.7. The Morgan fingerprint density at radius 2 is 1.76 bits per heavy atom. The van der Waals surface area contributed by atoms with E-state index in [9.17, 15) is 18.0 Å². The van der Waals surface area contributed by atoms with Gasteiger partial charge < -0.3 is 10.2 Å². The van der Waals surface area contributed by atoms with E-state index in [2.05, 4.69) is 48.8 Å². The fourth-order valence-corrected chi connectivity index (χ4v) is 8.13. The molecule has 45 heavy (non-hydrogen) atoms. The summed E-state index contributed by atoms with van der Waals surface area (Å²) in [4.78, 5) is 34.8. The molecule has 1 atom stereocenters. The van der Waals surface area contributed by atoms with Crippen molar-refractivity contribution >= 4 is 50.5 Å². The molecule has 5 heterocycles. The van der Waals surface area contributed by atoms with Crippen molar-refractivity contribution in [3.8, 4) is 0 Å². The SMILES string of the molecule is CN(CCN1CCC(c2ccc3c(C4CCC(=O)NC4=O)nn(C)c3c2)CC1)S(=O)(=O)N1CCC(Nc2ncc(Cl)cn2)CC1. The summed E-state index contributed by atoms with van der Waals surface area (Å²) in [6.45, 7) is 3.80. The molecule has 242 valence electrons. The maximum absolute atomic E-state index is 13.3. The molecule has 0 radical (unpaired) electrons. The number of benzene rings is 1. The smallest absolute Gasteiger partial charge is 0.281 e. The van der Waals surface area contributed by atoms with Crippen molar-refractivity contribution in [1.82, 2.24) is 38.6 Å². The fourth-order valence-electron chi connectivity index (χ4n) is 6.65. The minimum Gasteiger partial charge on any atom is -0.351 e. The minimum atomic E-state index is -3.54. The Labute approximate surface area is 268 Å². The molecule has 2 amide bonds. The number of aromatic nitrogens is 4. The van der Waals surface area contributed by atoms with Crippen molar-refractivity contribution in [2.24, 2.45) is 7.05 Å². The number of carbonyl (C=O) groups excluding carboxylic acids is 2. The van der Waals surface area contributed by atoms with Crippen LogP contribution in [0, 0.1) is 0 Å². The van der Waals surface area contributed by atoms with E-state index in [-0.39, 0.29) is 17.9 Å². The van der Waals surface area contributed by atoms with Gasteiger partial charge in [-0.15, -0.1) is 0 Å². The molecule has 3 fully saturated rings. The molecule has 3 aliphatic rings.